The molecule has 0 aliphatic rings. The Morgan fingerprint density at radius 2 is 0.750 bits per heavy atom. The maximum atomic E-state index is 11.2. The van der Waals surface area contributed by atoms with Gasteiger partial charge < -0.3 is 4.55 Å². The quantitative estimate of drug-likeness (QED) is 0.0414. The van der Waals surface area contributed by atoms with Gasteiger partial charge in [-0.25, -0.2) is 8.42 Å². The Hall–Kier alpha value is -0.440. The first-order valence-electron chi connectivity index (χ1n) is 21.1. The van der Waals surface area contributed by atoms with E-state index in [1.807, 2.05) is 0 Å². The third kappa shape index (κ3) is 29.3. The molecule has 284 valence electrons. The van der Waals surface area contributed by atoms with E-state index in [4.69, 9.17) is 0 Å². The maximum absolute atomic E-state index is 11.2. The lowest BCUT2D eigenvalue weighted by atomic mass is 10.0. The van der Waals surface area contributed by atoms with Crippen LogP contribution in [0.3, 0.4) is 0 Å². The zero-order chi connectivity index (χ0) is 35.6. The Bertz CT molecular complexity index is 876. The van der Waals surface area contributed by atoms with Crippen molar-refractivity contribution < 1.29 is 13.0 Å². The molecule has 0 fully saturated rings. The van der Waals surface area contributed by atoms with Gasteiger partial charge in [-0.05, 0) is 63.0 Å². The summed E-state index contributed by atoms with van der Waals surface area (Å²) in [5, 5.41) is 0. The number of unbranched alkanes of at least 4 members (excludes halogenated alkanes) is 24. The van der Waals surface area contributed by atoms with Crippen LogP contribution in [0, 0.1) is 0 Å². The van der Waals surface area contributed by atoms with Crippen molar-refractivity contribution in [3.05, 3.63) is 29.8 Å². The summed E-state index contributed by atoms with van der Waals surface area (Å²) in [7, 11) is -4.98. The number of hydrogen-bond acceptors (Lipinski definition) is 3. The van der Waals surface area contributed by atoms with Crippen molar-refractivity contribution in [1.29, 1.82) is 0 Å². The van der Waals surface area contributed by atoms with E-state index in [0.29, 0.717) is 12.0 Å². The van der Waals surface area contributed by atoms with Crippen molar-refractivity contribution in [2.45, 2.75) is 219 Å². The maximum Gasteiger partial charge on any atom is 0.124 e. The van der Waals surface area contributed by atoms with Crippen LogP contribution >= 0.6 is 7.26 Å². The molecule has 0 radical (unpaired) electrons. The molecular formula is C43H83O3PS. The van der Waals surface area contributed by atoms with Crippen LogP contribution in [0.1, 0.15) is 213 Å². The molecule has 1 aromatic rings. The number of hydrogen-bond donors (Lipinski definition) is 0. The van der Waals surface area contributed by atoms with E-state index < -0.39 is 17.4 Å². The van der Waals surface area contributed by atoms with Gasteiger partial charge in [-0.2, -0.15) is 0 Å². The second-order valence-electron chi connectivity index (χ2n) is 15.1. The molecule has 0 saturated heterocycles. The third-order valence-corrected chi connectivity index (χ3v) is 15.3. The van der Waals surface area contributed by atoms with E-state index in [1.54, 1.807) is 36.7 Å². The van der Waals surface area contributed by atoms with Gasteiger partial charge in [-0.3, -0.25) is 0 Å². The predicted octanol–water partition coefficient (Wildman–Crippen LogP) is 14.8. The first-order valence-corrected chi connectivity index (χ1v) is 25.3. The normalized spacial score (nSPS) is 11.9. The molecule has 0 amide bonds. The molecule has 3 nitrogen and oxygen atoms in total. The molecule has 0 saturated carbocycles. The molecule has 0 bridgehead atoms. The zero-order valence-electron chi connectivity index (χ0n) is 33.0. The lowest BCUT2D eigenvalue weighted by molar-refractivity contribution is 0.461. The van der Waals surface area contributed by atoms with E-state index in [1.165, 1.54) is 173 Å². The van der Waals surface area contributed by atoms with Gasteiger partial charge in [-0.1, -0.05) is 181 Å². The van der Waals surface area contributed by atoms with Crippen LogP contribution in [0.25, 0.3) is 0 Å². The highest BCUT2D eigenvalue weighted by molar-refractivity contribution is 7.85. The number of aryl methyl sites for hydroxylation is 1. The lowest BCUT2D eigenvalue weighted by Crippen LogP contribution is -2.08. The molecule has 0 unspecified atom stereocenters. The fraction of sp³-hybridized carbons (Fsp3) is 0.860. The van der Waals surface area contributed by atoms with E-state index >= 15 is 0 Å². The minimum Gasteiger partial charge on any atom is -0.744 e. The molecule has 1 aromatic carbocycles. The van der Waals surface area contributed by atoms with E-state index in [0.717, 1.165) is 12.8 Å². The van der Waals surface area contributed by atoms with Gasteiger partial charge in [0.15, 0.2) is 0 Å². The number of rotatable bonds is 33. The lowest BCUT2D eigenvalue weighted by Gasteiger charge is -2.24. The van der Waals surface area contributed by atoms with Gasteiger partial charge in [0.1, 0.15) is 10.1 Å². The summed E-state index contributed by atoms with van der Waals surface area (Å²) in [6, 6.07) is 6.56. The Morgan fingerprint density at radius 3 is 1.08 bits per heavy atom. The summed E-state index contributed by atoms with van der Waals surface area (Å²) in [5.41, 5.74) is 0.664. The van der Waals surface area contributed by atoms with Gasteiger partial charge in [0, 0.05) is 13.9 Å². The number of benzene rings is 1. The van der Waals surface area contributed by atoms with E-state index in [2.05, 4.69) is 34.4 Å². The van der Waals surface area contributed by atoms with Crippen LogP contribution in [0.2, 0.25) is 0 Å². The minimum absolute atomic E-state index is 0.0501. The molecule has 0 aromatic heterocycles. The van der Waals surface area contributed by atoms with Gasteiger partial charge in [0.05, 0.1) is 23.4 Å². The smallest absolute Gasteiger partial charge is 0.124 e. The van der Waals surface area contributed by atoms with Crippen molar-refractivity contribution >= 4 is 17.4 Å². The standard InChI is InChI=1S/C25H54P.C18H30O3S/c1-5-8-11-14-17-20-23-26(4,24-21-18-15-12-9-6-2)25-22-19-16-13-10-7-3;1-2-3-4-5-6-7-8-9-10-11-14-17-15-12-13-16-18(17)22(19,20)21/h5-25H2,1-4H3;12-13,15-16H,2-11,14H2,1H3,(H,19,20,21)/q+1;/p-1. The van der Waals surface area contributed by atoms with Crippen LogP contribution < -0.4 is 0 Å². The Balaban J connectivity index is 0.000000932. The zero-order valence-corrected chi connectivity index (χ0v) is 34.7. The average molecular weight is 711 g/mol. The Kier molecular flexibility index (Phi) is 33.4. The summed E-state index contributed by atoms with van der Waals surface area (Å²) >= 11 is 0. The molecule has 5 heteroatoms. The first kappa shape index (κ1) is 47.6. The van der Waals surface area contributed by atoms with Gasteiger partial charge in [0.25, 0.3) is 0 Å². The molecule has 0 spiro atoms. The Labute approximate surface area is 303 Å². The summed E-state index contributed by atoms with van der Waals surface area (Å²) in [6.45, 7) is 11.9. The fourth-order valence-electron chi connectivity index (χ4n) is 6.91. The van der Waals surface area contributed by atoms with Crippen molar-refractivity contribution in [1.82, 2.24) is 0 Å². The molecule has 0 heterocycles. The second-order valence-corrected chi connectivity index (χ2v) is 21.0. The highest BCUT2D eigenvalue weighted by atomic mass is 32.2. The Morgan fingerprint density at radius 1 is 0.458 bits per heavy atom. The summed E-state index contributed by atoms with van der Waals surface area (Å²) in [6.07, 6.45) is 44.4. The second kappa shape index (κ2) is 33.7. The highest BCUT2D eigenvalue weighted by Gasteiger charge is 2.29. The van der Waals surface area contributed by atoms with Crippen LogP contribution in [-0.2, 0) is 16.5 Å². The van der Waals surface area contributed by atoms with Crippen LogP contribution in [0.4, 0.5) is 0 Å². The molecule has 48 heavy (non-hydrogen) atoms. The summed E-state index contributed by atoms with van der Waals surface area (Å²) < 4.78 is 33.5. The van der Waals surface area contributed by atoms with Gasteiger partial charge in [-0.15, -0.1) is 0 Å². The SMILES string of the molecule is CCCCCCCCCCCCc1ccccc1S(=O)(=O)[O-].CCCCCCCC[P+](C)(CCCCCCCC)CCCCCCCC. The predicted molar refractivity (Wildman–Crippen MR) is 218 cm³/mol. The van der Waals surface area contributed by atoms with E-state index in [9.17, 15) is 13.0 Å². The third-order valence-electron chi connectivity index (χ3n) is 10.2. The molecule has 0 aliphatic carbocycles. The van der Waals surface area contributed by atoms with Crippen LogP contribution in [-0.4, -0.2) is 38.1 Å². The van der Waals surface area contributed by atoms with Crippen LogP contribution in [0.5, 0.6) is 0 Å². The molecule has 1 rings (SSSR count). The monoisotopic (exact) mass is 711 g/mol. The van der Waals surface area contributed by atoms with Gasteiger partial charge >= 0.3 is 0 Å². The van der Waals surface area contributed by atoms with E-state index in [-0.39, 0.29) is 4.90 Å². The topological polar surface area (TPSA) is 57.2 Å². The fourth-order valence-corrected chi connectivity index (χ4v) is 11.3. The first-order chi connectivity index (χ1) is 23.2. The average Bonchev–Trinajstić information content (AvgIpc) is 3.07. The summed E-state index contributed by atoms with van der Waals surface area (Å²) in [5.74, 6) is 0. The van der Waals surface area contributed by atoms with Crippen molar-refractivity contribution in [2.75, 3.05) is 25.2 Å². The van der Waals surface area contributed by atoms with Gasteiger partial charge in [0.2, 0.25) is 0 Å². The van der Waals surface area contributed by atoms with Crippen molar-refractivity contribution in [3.63, 3.8) is 0 Å². The summed E-state index contributed by atoms with van der Waals surface area (Å²) in [4.78, 5) is -0.0501. The van der Waals surface area contributed by atoms with Crippen molar-refractivity contribution in [2.24, 2.45) is 0 Å². The van der Waals surface area contributed by atoms with Crippen molar-refractivity contribution in [3.8, 4) is 0 Å². The molecule has 0 N–H and O–H groups in total. The molecular weight excluding hydrogens is 628 g/mol. The van der Waals surface area contributed by atoms with Crippen LogP contribution in [0.15, 0.2) is 29.2 Å². The highest BCUT2D eigenvalue weighted by Crippen LogP contribution is 2.57. The largest absolute Gasteiger partial charge is 0.744 e. The minimum atomic E-state index is -4.35. The molecule has 0 atom stereocenters. The molecule has 0 aliphatic heterocycles.